The summed E-state index contributed by atoms with van der Waals surface area (Å²) in [6, 6.07) is 4.75. The maximum atomic E-state index is 11.8. The van der Waals surface area contributed by atoms with Crippen LogP contribution in [-0.4, -0.2) is 18.9 Å². The molecule has 0 fully saturated rings. The minimum atomic E-state index is -4.55. The molecule has 0 aliphatic rings. The summed E-state index contributed by atoms with van der Waals surface area (Å²) in [6.07, 6.45) is -5.75. The van der Waals surface area contributed by atoms with E-state index in [0.717, 1.165) is 5.56 Å². The van der Waals surface area contributed by atoms with Crippen molar-refractivity contribution in [1.82, 2.24) is 0 Å². The summed E-state index contributed by atoms with van der Waals surface area (Å²) < 4.78 is 39.3. The van der Waals surface area contributed by atoms with E-state index >= 15 is 0 Å². The van der Waals surface area contributed by atoms with Crippen LogP contribution in [0, 0.1) is 6.92 Å². The van der Waals surface area contributed by atoms with Gasteiger partial charge in [-0.25, -0.2) is 4.79 Å². The van der Waals surface area contributed by atoms with Crippen molar-refractivity contribution in [1.29, 1.82) is 0 Å². The smallest absolute Gasteiger partial charge is 0.422 e. The Labute approximate surface area is 101 Å². The van der Waals surface area contributed by atoms with Gasteiger partial charge in [0, 0.05) is 0 Å². The van der Waals surface area contributed by atoms with Gasteiger partial charge in [-0.3, -0.25) is 5.32 Å². The summed E-state index contributed by atoms with van der Waals surface area (Å²) >= 11 is 5.74. The van der Waals surface area contributed by atoms with Gasteiger partial charge in [0.15, 0.2) is 6.61 Å². The Morgan fingerprint density at radius 1 is 1.47 bits per heavy atom. The molecule has 0 saturated heterocycles. The molecule has 3 nitrogen and oxygen atoms in total. The number of benzene rings is 1. The first-order valence-electron chi connectivity index (χ1n) is 4.54. The van der Waals surface area contributed by atoms with Crippen molar-refractivity contribution in [3.05, 3.63) is 28.8 Å². The molecule has 0 radical (unpaired) electrons. The van der Waals surface area contributed by atoms with E-state index in [-0.39, 0.29) is 10.7 Å². The Hall–Kier alpha value is -1.43. The lowest BCUT2D eigenvalue weighted by molar-refractivity contribution is -0.159. The van der Waals surface area contributed by atoms with Gasteiger partial charge in [-0.1, -0.05) is 17.7 Å². The van der Waals surface area contributed by atoms with Crippen molar-refractivity contribution < 1.29 is 22.7 Å². The molecule has 1 N–H and O–H groups in total. The van der Waals surface area contributed by atoms with Crippen LogP contribution in [0.4, 0.5) is 23.7 Å². The number of amides is 1. The summed E-state index contributed by atoms with van der Waals surface area (Å²) in [4.78, 5) is 11.0. The standard InChI is InChI=1S/C10H9ClF3NO2/c1-6-2-3-7(11)8(4-6)15-9(16)17-5-10(12,13)14/h2-4H,5H2,1H3,(H,15,16). The second kappa shape index (κ2) is 5.27. The molecule has 1 amide bonds. The summed E-state index contributed by atoms with van der Waals surface area (Å²) in [5.41, 5.74) is 1.01. The predicted octanol–water partition coefficient (Wildman–Crippen LogP) is 3.76. The monoisotopic (exact) mass is 267 g/mol. The molecule has 0 atom stereocenters. The van der Waals surface area contributed by atoms with E-state index in [9.17, 15) is 18.0 Å². The van der Waals surface area contributed by atoms with Gasteiger partial charge in [-0.2, -0.15) is 13.2 Å². The van der Waals surface area contributed by atoms with Crippen LogP contribution in [0.2, 0.25) is 5.02 Å². The van der Waals surface area contributed by atoms with Crippen LogP contribution in [0.25, 0.3) is 0 Å². The van der Waals surface area contributed by atoms with Gasteiger partial charge >= 0.3 is 12.3 Å². The molecule has 17 heavy (non-hydrogen) atoms. The lowest BCUT2D eigenvalue weighted by atomic mass is 10.2. The number of rotatable bonds is 2. The number of aryl methyl sites for hydroxylation is 1. The fraction of sp³-hybridized carbons (Fsp3) is 0.300. The third kappa shape index (κ3) is 4.95. The van der Waals surface area contributed by atoms with Crippen molar-refractivity contribution in [3.63, 3.8) is 0 Å². The molecule has 94 valence electrons. The first kappa shape index (κ1) is 13.6. The second-order valence-corrected chi connectivity index (χ2v) is 3.71. The zero-order valence-corrected chi connectivity index (χ0v) is 9.52. The molecule has 0 bridgehead atoms. The van der Waals surface area contributed by atoms with Crippen LogP contribution >= 0.6 is 11.6 Å². The van der Waals surface area contributed by atoms with E-state index in [4.69, 9.17) is 11.6 Å². The zero-order chi connectivity index (χ0) is 13.1. The average Bonchev–Trinajstić information content (AvgIpc) is 2.20. The topological polar surface area (TPSA) is 38.3 Å². The van der Waals surface area contributed by atoms with Gasteiger partial charge < -0.3 is 4.74 Å². The number of carbonyl (C=O) groups excluding carboxylic acids is 1. The van der Waals surface area contributed by atoms with Crippen molar-refractivity contribution in [2.45, 2.75) is 13.1 Å². The number of hydrogen-bond acceptors (Lipinski definition) is 2. The van der Waals surface area contributed by atoms with Gasteiger partial charge in [0.2, 0.25) is 0 Å². The first-order chi connectivity index (χ1) is 7.78. The van der Waals surface area contributed by atoms with Gasteiger partial charge in [0.1, 0.15) is 0 Å². The summed E-state index contributed by atoms with van der Waals surface area (Å²) in [5, 5.41) is 2.35. The van der Waals surface area contributed by atoms with Crippen LogP contribution in [0.1, 0.15) is 5.56 Å². The molecule has 0 spiro atoms. The van der Waals surface area contributed by atoms with Gasteiger partial charge in [0.05, 0.1) is 10.7 Å². The number of halogens is 4. The number of carbonyl (C=O) groups is 1. The maximum Gasteiger partial charge on any atom is 0.422 e. The minimum absolute atomic E-state index is 0.207. The molecule has 0 aliphatic heterocycles. The lowest BCUT2D eigenvalue weighted by Gasteiger charge is -2.10. The van der Waals surface area contributed by atoms with E-state index in [0.29, 0.717) is 0 Å². The van der Waals surface area contributed by atoms with Crippen molar-refractivity contribution in [2.75, 3.05) is 11.9 Å². The highest BCUT2D eigenvalue weighted by Crippen LogP contribution is 2.23. The highest BCUT2D eigenvalue weighted by Gasteiger charge is 2.29. The molecule has 1 aromatic carbocycles. The summed E-state index contributed by atoms with van der Waals surface area (Å²) in [6.45, 7) is 0.116. The van der Waals surface area contributed by atoms with E-state index in [1.54, 1.807) is 13.0 Å². The fourth-order valence-electron chi connectivity index (χ4n) is 1.03. The van der Waals surface area contributed by atoms with E-state index in [2.05, 4.69) is 10.1 Å². The molecular formula is C10H9ClF3NO2. The number of nitrogens with one attached hydrogen (secondary N) is 1. The molecule has 1 rings (SSSR count). The van der Waals surface area contributed by atoms with Crippen molar-refractivity contribution >= 4 is 23.4 Å². The fourth-order valence-corrected chi connectivity index (χ4v) is 1.19. The third-order valence-corrected chi connectivity index (χ3v) is 2.06. The number of alkyl halides is 3. The normalized spacial score (nSPS) is 11.1. The Morgan fingerprint density at radius 2 is 2.12 bits per heavy atom. The Balaban J connectivity index is 2.59. The number of ether oxygens (including phenoxy) is 1. The van der Waals surface area contributed by atoms with Crippen molar-refractivity contribution in [2.24, 2.45) is 0 Å². The molecular weight excluding hydrogens is 259 g/mol. The van der Waals surface area contributed by atoms with Crippen LogP contribution in [0.3, 0.4) is 0 Å². The zero-order valence-electron chi connectivity index (χ0n) is 8.77. The van der Waals surface area contributed by atoms with Crippen LogP contribution in [0.5, 0.6) is 0 Å². The average molecular weight is 268 g/mol. The van der Waals surface area contributed by atoms with Crippen molar-refractivity contribution in [3.8, 4) is 0 Å². The maximum absolute atomic E-state index is 11.8. The lowest BCUT2D eigenvalue weighted by Crippen LogP contribution is -2.23. The van der Waals surface area contributed by atoms with Crippen LogP contribution < -0.4 is 5.32 Å². The second-order valence-electron chi connectivity index (χ2n) is 3.30. The molecule has 0 aromatic heterocycles. The summed E-state index contributed by atoms with van der Waals surface area (Å²) in [7, 11) is 0. The highest BCUT2D eigenvalue weighted by atomic mass is 35.5. The van der Waals surface area contributed by atoms with Gasteiger partial charge in [-0.05, 0) is 24.6 Å². The Morgan fingerprint density at radius 3 is 2.71 bits per heavy atom. The van der Waals surface area contributed by atoms with E-state index in [1.165, 1.54) is 12.1 Å². The molecule has 0 unspecified atom stereocenters. The largest absolute Gasteiger partial charge is 0.440 e. The number of anilines is 1. The van der Waals surface area contributed by atoms with Crippen LogP contribution in [-0.2, 0) is 4.74 Å². The first-order valence-corrected chi connectivity index (χ1v) is 4.92. The number of hydrogen-bond donors (Lipinski definition) is 1. The Kier molecular flexibility index (Phi) is 4.22. The molecule has 0 aliphatic carbocycles. The van der Waals surface area contributed by atoms with Crippen LogP contribution in [0.15, 0.2) is 18.2 Å². The molecule has 0 heterocycles. The Bertz CT molecular complexity index is 421. The van der Waals surface area contributed by atoms with Gasteiger partial charge in [-0.15, -0.1) is 0 Å². The van der Waals surface area contributed by atoms with Gasteiger partial charge in [0.25, 0.3) is 0 Å². The minimum Gasteiger partial charge on any atom is -0.440 e. The quantitative estimate of drug-likeness (QED) is 0.886. The van der Waals surface area contributed by atoms with E-state index in [1.807, 2.05) is 0 Å². The predicted molar refractivity (Wildman–Crippen MR) is 57.2 cm³/mol. The summed E-state index contributed by atoms with van der Waals surface area (Å²) in [5.74, 6) is 0. The molecule has 7 heteroatoms. The third-order valence-electron chi connectivity index (χ3n) is 1.73. The van der Waals surface area contributed by atoms with E-state index < -0.39 is 18.9 Å². The highest BCUT2D eigenvalue weighted by molar-refractivity contribution is 6.33. The molecule has 1 aromatic rings. The SMILES string of the molecule is Cc1ccc(Cl)c(NC(=O)OCC(F)(F)F)c1. The molecule has 0 saturated carbocycles.